The molecule has 0 bridgehead atoms. The first-order chi connectivity index (χ1) is 15.9. The van der Waals surface area contributed by atoms with E-state index in [4.69, 9.17) is 4.99 Å². The summed E-state index contributed by atoms with van der Waals surface area (Å²) in [7, 11) is 0. The van der Waals surface area contributed by atoms with E-state index >= 15 is 0 Å². The number of fused-ring (bicyclic) bond motifs is 2. The highest BCUT2D eigenvalue weighted by Gasteiger charge is 2.38. The van der Waals surface area contributed by atoms with Gasteiger partial charge in [-0.15, -0.1) is 0 Å². The lowest BCUT2D eigenvalue weighted by Crippen LogP contribution is -2.52. The van der Waals surface area contributed by atoms with E-state index < -0.39 is 0 Å². The summed E-state index contributed by atoms with van der Waals surface area (Å²) in [6.07, 6.45) is 2.58. The van der Waals surface area contributed by atoms with Crippen LogP contribution in [-0.4, -0.2) is 55.1 Å². The van der Waals surface area contributed by atoms with Gasteiger partial charge >= 0.3 is 0 Å². The van der Waals surface area contributed by atoms with E-state index in [1.54, 1.807) is 21.9 Å². The van der Waals surface area contributed by atoms with Crippen molar-refractivity contribution < 1.29 is 14.0 Å². The maximum Gasteiger partial charge on any atom is 0.242 e. The molecule has 1 atom stereocenters. The van der Waals surface area contributed by atoms with E-state index in [0.29, 0.717) is 31.9 Å². The van der Waals surface area contributed by atoms with Gasteiger partial charge in [0.05, 0.1) is 23.0 Å². The number of para-hydroxylation sites is 1. The van der Waals surface area contributed by atoms with Crippen LogP contribution in [0, 0.1) is 25.6 Å². The van der Waals surface area contributed by atoms with Gasteiger partial charge in [0.15, 0.2) is 0 Å². The molecule has 5 rings (SSSR count). The molecular formula is C26H29FN4O2. The summed E-state index contributed by atoms with van der Waals surface area (Å²) in [5, 5.41) is 0. The Morgan fingerprint density at radius 3 is 2.55 bits per heavy atom. The molecule has 2 aromatic carbocycles. The third-order valence-electron chi connectivity index (χ3n) is 7.16. The van der Waals surface area contributed by atoms with Gasteiger partial charge in [-0.05, 0) is 68.5 Å². The molecule has 7 heteroatoms. The van der Waals surface area contributed by atoms with Crippen LogP contribution in [-0.2, 0) is 9.59 Å². The number of carbonyl (C=O) groups is 2. The van der Waals surface area contributed by atoms with Gasteiger partial charge in [-0.2, -0.15) is 0 Å². The smallest absolute Gasteiger partial charge is 0.242 e. The first-order valence-corrected chi connectivity index (χ1v) is 11.7. The average molecular weight is 449 g/mol. The van der Waals surface area contributed by atoms with Crippen molar-refractivity contribution in [2.75, 3.05) is 42.5 Å². The molecule has 2 aromatic rings. The molecule has 6 nitrogen and oxygen atoms in total. The van der Waals surface area contributed by atoms with Crippen molar-refractivity contribution in [1.82, 2.24) is 4.90 Å². The van der Waals surface area contributed by atoms with Gasteiger partial charge < -0.3 is 14.7 Å². The van der Waals surface area contributed by atoms with E-state index in [2.05, 4.69) is 0 Å². The third kappa shape index (κ3) is 4.01. The predicted molar refractivity (Wildman–Crippen MR) is 128 cm³/mol. The van der Waals surface area contributed by atoms with Crippen molar-refractivity contribution in [3.63, 3.8) is 0 Å². The van der Waals surface area contributed by atoms with E-state index in [9.17, 15) is 14.0 Å². The molecule has 2 amide bonds. The lowest BCUT2D eigenvalue weighted by atomic mass is 10.0. The molecule has 1 saturated heterocycles. The van der Waals surface area contributed by atoms with Crippen molar-refractivity contribution in [1.29, 1.82) is 0 Å². The van der Waals surface area contributed by atoms with Crippen LogP contribution in [0.4, 0.5) is 21.5 Å². The number of nitrogens with zero attached hydrogens (tertiary/aromatic N) is 4. The number of aliphatic imine (C=N–C) groups is 1. The second kappa shape index (κ2) is 8.61. The quantitative estimate of drug-likeness (QED) is 0.713. The number of hydrogen-bond donors (Lipinski definition) is 0. The number of anilines is 2. The Labute approximate surface area is 193 Å². The zero-order valence-electron chi connectivity index (χ0n) is 19.2. The van der Waals surface area contributed by atoms with Crippen LogP contribution in [0.3, 0.4) is 0 Å². The summed E-state index contributed by atoms with van der Waals surface area (Å²) in [6, 6.07) is 10.7. The first kappa shape index (κ1) is 21.6. The summed E-state index contributed by atoms with van der Waals surface area (Å²) in [6.45, 7) is 6.19. The third-order valence-corrected chi connectivity index (χ3v) is 7.16. The number of hydrogen-bond acceptors (Lipinski definition) is 4. The number of halogens is 1. The monoisotopic (exact) mass is 448 g/mol. The summed E-state index contributed by atoms with van der Waals surface area (Å²) < 4.78 is 14.2. The first-order valence-electron chi connectivity index (χ1n) is 11.7. The highest BCUT2D eigenvalue weighted by molar-refractivity contribution is 6.16. The van der Waals surface area contributed by atoms with E-state index in [1.807, 2.05) is 36.9 Å². The lowest BCUT2D eigenvalue weighted by molar-refractivity contribution is -0.132. The number of aryl methyl sites for hydroxylation is 2. The van der Waals surface area contributed by atoms with Crippen molar-refractivity contribution in [2.45, 2.75) is 33.1 Å². The average Bonchev–Trinajstić information content (AvgIpc) is 3.24. The van der Waals surface area contributed by atoms with Gasteiger partial charge in [-0.3, -0.25) is 14.6 Å². The van der Waals surface area contributed by atoms with Crippen LogP contribution in [0.15, 0.2) is 41.4 Å². The summed E-state index contributed by atoms with van der Waals surface area (Å²) in [5.41, 5.74) is 5.21. The second-order valence-electron chi connectivity index (χ2n) is 9.22. The van der Waals surface area contributed by atoms with Gasteiger partial charge in [0.25, 0.3) is 0 Å². The molecule has 3 aliphatic rings. The van der Waals surface area contributed by atoms with Crippen molar-refractivity contribution in [3.8, 4) is 0 Å². The molecule has 0 unspecified atom stereocenters. The molecule has 0 aromatic heterocycles. The van der Waals surface area contributed by atoms with Gasteiger partial charge in [0.2, 0.25) is 11.8 Å². The van der Waals surface area contributed by atoms with Crippen LogP contribution in [0.2, 0.25) is 0 Å². The Balaban J connectivity index is 1.35. The molecule has 2 aliphatic heterocycles. The van der Waals surface area contributed by atoms with Crippen molar-refractivity contribution in [3.05, 3.63) is 53.3 Å². The molecule has 2 fully saturated rings. The van der Waals surface area contributed by atoms with Crippen LogP contribution >= 0.6 is 0 Å². The Morgan fingerprint density at radius 2 is 1.79 bits per heavy atom. The van der Waals surface area contributed by atoms with Gasteiger partial charge in [0, 0.05) is 31.9 Å². The Hall–Kier alpha value is -3.22. The van der Waals surface area contributed by atoms with E-state index in [-0.39, 0.29) is 30.1 Å². The minimum Gasteiger partial charge on any atom is -0.366 e. The van der Waals surface area contributed by atoms with Crippen LogP contribution < -0.4 is 9.80 Å². The molecule has 33 heavy (non-hydrogen) atoms. The van der Waals surface area contributed by atoms with Gasteiger partial charge in [0.1, 0.15) is 12.4 Å². The Bertz CT molecular complexity index is 1140. The standard InChI is InChI=1S/C26H29FN4O2/c1-17-14-22-24(15-18(17)2)31(26(33)19-6-5-8-21(19)28-22)16-25(32)30-12-10-29(11-13-30)23-9-4-3-7-20(23)27/h3-4,7,9,14-15,19H,5-6,8,10-13,16H2,1-2H3/t19-/m0/s1. The maximum absolute atomic E-state index is 14.2. The number of carbonyl (C=O) groups excluding carboxylic acids is 2. The van der Waals surface area contributed by atoms with E-state index in [1.165, 1.54) is 6.07 Å². The van der Waals surface area contributed by atoms with Gasteiger partial charge in [-0.1, -0.05) is 12.1 Å². The van der Waals surface area contributed by atoms with Gasteiger partial charge in [-0.25, -0.2) is 4.39 Å². The number of benzene rings is 2. The Kier molecular flexibility index (Phi) is 5.64. The topological polar surface area (TPSA) is 56.2 Å². The fourth-order valence-electron chi connectivity index (χ4n) is 5.08. The van der Waals surface area contributed by atoms with Crippen LogP contribution in [0.1, 0.15) is 30.4 Å². The molecular weight excluding hydrogens is 419 g/mol. The number of amides is 2. The number of rotatable bonds is 3. The Morgan fingerprint density at radius 1 is 1.06 bits per heavy atom. The van der Waals surface area contributed by atoms with Crippen molar-refractivity contribution in [2.24, 2.45) is 10.9 Å². The zero-order valence-corrected chi connectivity index (χ0v) is 19.2. The summed E-state index contributed by atoms with van der Waals surface area (Å²) in [5.74, 6) is -0.584. The molecule has 0 radical (unpaired) electrons. The minimum absolute atomic E-state index is 0.00727. The maximum atomic E-state index is 14.2. The normalized spacial score (nSPS) is 20.3. The van der Waals surface area contributed by atoms with Crippen molar-refractivity contribution >= 4 is 34.6 Å². The largest absolute Gasteiger partial charge is 0.366 e. The summed E-state index contributed by atoms with van der Waals surface area (Å²) in [4.78, 5) is 37.1. The molecule has 2 heterocycles. The zero-order chi connectivity index (χ0) is 23.1. The highest BCUT2D eigenvalue weighted by Crippen LogP contribution is 2.39. The lowest BCUT2D eigenvalue weighted by Gasteiger charge is -2.37. The molecule has 1 aliphatic carbocycles. The minimum atomic E-state index is -0.248. The number of piperazine rings is 1. The highest BCUT2D eigenvalue weighted by atomic mass is 19.1. The molecule has 0 N–H and O–H groups in total. The van der Waals surface area contributed by atoms with E-state index in [0.717, 1.165) is 47.5 Å². The molecule has 0 spiro atoms. The molecule has 172 valence electrons. The molecule has 1 saturated carbocycles. The SMILES string of the molecule is Cc1cc2c(cc1C)N(CC(=O)N1CCN(c3ccccc3F)CC1)C(=O)[C@H]1CCCC1=N2. The second-order valence-corrected chi connectivity index (χ2v) is 9.22. The summed E-state index contributed by atoms with van der Waals surface area (Å²) >= 11 is 0. The van der Waals surface area contributed by atoms with Crippen LogP contribution in [0.25, 0.3) is 0 Å². The fourth-order valence-corrected chi connectivity index (χ4v) is 5.08. The fraction of sp³-hybridized carbons (Fsp3) is 0.423. The van der Waals surface area contributed by atoms with Crippen LogP contribution in [0.5, 0.6) is 0 Å². The predicted octanol–water partition coefficient (Wildman–Crippen LogP) is 4.01.